The van der Waals surface area contributed by atoms with E-state index in [1.54, 1.807) is 25.1 Å². The number of rotatable bonds is 5. The van der Waals surface area contributed by atoms with Gasteiger partial charge >= 0.3 is 0 Å². The smallest absolute Gasteiger partial charge is 0.240 e. The summed E-state index contributed by atoms with van der Waals surface area (Å²) in [6, 6.07) is 5.10. The normalized spacial score (nSPS) is 16.1. The molecule has 1 N–H and O–H groups in total. The molecule has 0 aliphatic heterocycles. The molecular formula is C16H23ClN2O3S. The minimum absolute atomic E-state index is 0.156. The summed E-state index contributed by atoms with van der Waals surface area (Å²) in [5.74, 6) is -0.267. The standard InChI is InChI=1S/C16H23ClN2O3S/c1-12-10-13(17)8-9-15(12)19(23(2,21)22)11-16(20)18-14-6-4-3-5-7-14/h8-10,14H,3-7,11H2,1-2H3,(H,18,20). The van der Waals surface area contributed by atoms with E-state index in [4.69, 9.17) is 11.6 Å². The largest absolute Gasteiger partial charge is 0.352 e. The van der Waals surface area contributed by atoms with Crippen molar-refractivity contribution in [1.82, 2.24) is 5.32 Å². The van der Waals surface area contributed by atoms with Crippen molar-refractivity contribution in [3.05, 3.63) is 28.8 Å². The van der Waals surface area contributed by atoms with Gasteiger partial charge in [0.15, 0.2) is 0 Å². The van der Waals surface area contributed by atoms with E-state index in [1.165, 1.54) is 6.42 Å². The number of hydrogen-bond donors (Lipinski definition) is 1. The maximum absolute atomic E-state index is 12.3. The first-order chi connectivity index (χ1) is 10.8. The third-order valence-electron chi connectivity index (χ3n) is 4.09. The van der Waals surface area contributed by atoms with Crippen LogP contribution in [-0.4, -0.2) is 33.2 Å². The highest BCUT2D eigenvalue weighted by molar-refractivity contribution is 7.92. The van der Waals surface area contributed by atoms with Gasteiger partial charge in [-0.15, -0.1) is 0 Å². The number of aryl methyl sites for hydroxylation is 1. The number of sulfonamides is 1. The van der Waals surface area contributed by atoms with E-state index >= 15 is 0 Å². The monoisotopic (exact) mass is 358 g/mol. The van der Waals surface area contributed by atoms with Gasteiger partial charge in [0.05, 0.1) is 11.9 Å². The summed E-state index contributed by atoms with van der Waals surface area (Å²) in [6.45, 7) is 1.57. The van der Waals surface area contributed by atoms with E-state index in [2.05, 4.69) is 5.32 Å². The van der Waals surface area contributed by atoms with Crippen LogP contribution in [0, 0.1) is 6.92 Å². The quantitative estimate of drug-likeness (QED) is 0.880. The Hall–Kier alpha value is -1.27. The molecule has 0 saturated heterocycles. The van der Waals surface area contributed by atoms with Gasteiger partial charge in [-0.25, -0.2) is 8.42 Å². The molecular weight excluding hydrogens is 336 g/mol. The summed E-state index contributed by atoms with van der Waals surface area (Å²) >= 11 is 5.92. The molecule has 1 aromatic rings. The zero-order valence-corrected chi connectivity index (χ0v) is 15.1. The van der Waals surface area contributed by atoms with Crippen LogP contribution in [-0.2, 0) is 14.8 Å². The van der Waals surface area contributed by atoms with Gasteiger partial charge in [0.1, 0.15) is 6.54 Å². The summed E-state index contributed by atoms with van der Waals surface area (Å²) in [5, 5.41) is 3.48. The highest BCUT2D eigenvalue weighted by atomic mass is 35.5. The fourth-order valence-electron chi connectivity index (χ4n) is 2.93. The third-order valence-corrected chi connectivity index (χ3v) is 5.45. The second-order valence-electron chi connectivity index (χ2n) is 6.10. The van der Waals surface area contributed by atoms with Crippen molar-refractivity contribution in [2.75, 3.05) is 17.1 Å². The second kappa shape index (κ2) is 7.53. The van der Waals surface area contributed by atoms with Gasteiger partial charge in [0, 0.05) is 11.1 Å². The first-order valence-corrected chi connectivity index (χ1v) is 10.0. The van der Waals surface area contributed by atoms with Gasteiger partial charge in [-0.3, -0.25) is 9.10 Å². The third kappa shape index (κ3) is 5.11. The Morgan fingerprint density at radius 1 is 1.30 bits per heavy atom. The maximum atomic E-state index is 12.3. The van der Waals surface area contributed by atoms with E-state index < -0.39 is 10.0 Å². The van der Waals surface area contributed by atoms with Crippen LogP contribution in [0.4, 0.5) is 5.69 Å². The first-order valence-electron chi connectivity index (χ1n) is 7.80. The van der Waals surface area contributed by atoms with Gasteiger partial charge in [0.2, 0.25) is 15.9 Å². The van der Waals surface area contributed by atoms with Gasteiger partial charge in [-0.2, -0.15) is 0 Å². The Morgan fingerprint density at radius 3 is 2.52 bits per heavy atom. The fraction of sp³-hybridized carbons (Fsp3) is 0.562. The van der Waals surface area contributed by atoms with Crippen LogP contribution in [0.15, 0.2) is 18.2 Å². The molecule has 0 spiro atoms. The Kier molecular flexibility index (Phi) is 5.92. The van der Waals surface area contributed by atoms with Crippen LogP contribution < -0.4 is 9.62 Å². The van der Waals surface area contributed by atoms with E-state index in [9.17, 15) is 13.2 Å². The minimum Gasteiger partial charge on any atom is -0.352 e. The number of nitrogens with zero attached hydrogens (tertiary/aromatic N) is 1. The van der Waals surface area contributed by atoms with E-state index in [-0.39, 0.29) is 18.5 Å². The van der Waals surface area contributed by atoms with E-state index in [0.29, 0.717) is 16.3 Å². The number of carbonyl (C=O) groups excluding carboxylic acids is 1. The van der Waals surface area contributed by atoms with Crippen LogP contribution in [0.1, 0.15) is 37.7 Å². The number of carbonyl (C=O) groups is 1. The van der Waals surface area contributed by atoms with Crippen molar-refractivity contribution in [2.24, 2.45) is 0 Å². The topological polar surface area (TPSA) is 66.5 Å². The first kappa shape index (κ1) is 18.1. The summed E-state index contributed by atoms with van der Waals surface area (Å²) in [6.07, 6.45) is 6.45. The molecule has 0 aromatic heterocycles. The fourth-order valence-corrected chi connectivity index (χ4v) is 4.07. The van der Waals surface area contributed by atoms with Crippen LogP contribution in [0.25, 0.3) is 0 Å². The Bertz CT molecular complexity index is 670. The van der Waals surface area contributed by atoms with E-state index in [1.807, 2.05) is 0 Å². The SMILES string of the molecule is Cc1cc(Cl)ccc1N(CC(=O)NC1CCCCC1)S(C)(=O)=O. The molecule has 0 bridgehead atoms. The summed E-state index contributed by atoms with van der Waals surface area (Å²) in [7, 11) is -3.56. The average molecular weight is 359 g/mol. The molecule has 7 heteroatoms. The number of benzene rings is 1. The number of nitrogens with one attached hydrogen (secondary N) is 1. The number of anilines is 1. The molecule has 0 atom stereocenters. The van der Waals surface area contributed by atoms with Gasteiger partial charge < -0.3 is 5.32 Å². The molecule has 1 aliphatic rings. The average Bonchev–Trinajstić information content (AvgIpc) is 2.45. The molecule has 1 saturated carbocycles. The highest BCUT2D eigenvalue weighted by Gasteiger charge is 2.24. The van der Waals surface area contributed by atoms with Crippen LogP contribution in [0.5, 0.6) is 0 Å². The molecule has 0 unspecified atom stereocenters. The van der Waals surface area contributed by atoms with Gasteiger partial charge in [0.25, 0.3) is 0 Å². The van der Waals surface area contributed by atoms with Crippen molar-refractivity contribution in [2.45, 2.75) is 45.1 Å². The molecule has 1 amide bonds. The van der Waals surface area contributed by atoms with E-state index in [0.717, 1.165) is 36.2 Å². The summed E-state index contributed by atoms with van der Waals surface area (Å²) in [5.41, 5.74) is 1.20. The highest BCUT2D eigenvalue weighted by Crippen LogP contribution is 2.25. The van der Waals surface area contributed by atoms with Crippen molar-refractivity contribution in [3.8, 4) is 0 Å². The molecule has 128 valence electrons. The lowest BCUT2D eigenvalue weighted by atomic mass is 9.95. The summed E-state index contributed by atoms with van der Waals surface area (Å²) < 4.78 is 25.4. The zero-order chi connectivity index (χ0) is 17.0. The van der Waals surface area contributed by atoms with Gasteiger partial charge in [-0.1, -0.05) is 30.9 Å². The molecule has 1 fully saturated rings. The molecule has 0 radical (unpaired) electrons. The van der Waals surface area contributed by atoms with Crippen LogP contribution >= 0.6 is 11.6 Å². The molecule has 23 heavy (non-hydrogen) atoms. The lowest BCUT2D eigenvalue weighted by Crippen LogP contribution is -2.44. The Balaban J connectivity index is 2.14. The predicted octanol–water partition coefficient (Wildman–Crippen LogP) is 2.86. The second-order valence-corrected chi connectivity index (χ2v) is 8.45. The lowest BCUT2D eigenvalue weighted by molar-refractivity contribution is -0.120. The molecule has 2 rings (SSSR count). The Morgan fingerprint density at radius 2 is 1.96 bits per heavy atom. The van der Waals surface area contributed by atoms with Crippen molar-refractivity contribution >= 4 is 33.2 Å². The number of hydrogen-bond acceptors (Lipinski definition) is 3. The number of halogens is 1. The van der Waals surface area contributed by atoms with Gasteiger partial charge in [-0.05, 0) is 43.5 Å². The molecule has 1 aromatic carbocycles. The Labute approximate surface area is 143 Å². The predicted molar refractivity (Wildman–Crippen MR) is 93.4 cm³/mol. The summed E-state index contributed by atoms with van der Waals surface area (Å²) in [4.78, 5) is 12.3. The number of amides is 1. The zero-order valence-electron chi connectivity index (χ0n) is 13.5. The van der Waals surface area contributed by atoms with Crippen LogP contribution in [0.3, 0.4) is 0 Å². The van der Waals surface area contributed by atoms with Crippen molar-refractivity contribution in [1.29, 1.82) is 0 Å². The maximum Gasteiger partial charge on any atom is 0.240 e. The minimum atomic E-state index is -3.56. The van der Waals surface area contributed by atoms with Crippen LogP contribution in [0.2, 0.25) is 5.02 Å². The van der Waals surface area contributed by atoms with Crippen molar-refractivity contribution in [3.63, 3.8) is 0 Å². The van der Waals surface area contributed by atoms with Crippen molar-refractivity contribution < 1.29 is 13.2 Å². The molecule has 1 aliphatic carbocycles. The molecule has 0 heterocycles. The molecule has 5 nitrogen and oxygen atoms in total. The lowest BCUT2D eigenvalue weighted by Gasteiger charge is -2.27.